The van der Waals surface area contributed by atoms with E-state index >= 15 is 0 Å². The molecule has 3 aromatic carbocycles. The zero-order chi connectivity index (χ0) is 25.3. The molecule has 0 atom stereocenters. The Hall–Kier alpha value is -4.13. The Labute approximate surface area is 211 Å². The second-order valence-electron chi connectivity index (χ2n) is 8.77. The van der Waals surface area contributed by atoms with Crippen LogP contribution >= 0.6 is 0 Å². The number of aromatic hydroxyl groups is 1. The second-order valence-corrected chi connectivity index (χ2v) is 8.77. The van der Waals surface area contributed by atoms with Crippen molar-refractivity contribution in [2.75, 3.05) is 25.0 Å². The number of phenols is 1. The van der Waals surface area contributed by atoms with Crippen molar-refractivity contribution < 1.29 is 14.6 Å². The molecule has 4 aromatic rings. The molecule has 0 spiro atoms. The van der Waals surface area contributed by atoms with Crippen LogP contribution in [-0.2, 0) is 11.3 Å². The van der Waals surface area contributed by atoms with E-state index in [1.165, 1.54) is 31.9 Å². The second kappa shape index (κ2) is 12.0. The van der Waals surface area contributed by atoms with E-state index in [0.29, 0.717) is 18.0 Å². The van der Waals surface area contributed by atoms with Gasteiger partial charge >= 0.3 is 6.09 Å². The SMILES string of the molecule is CNC(=O)OCc1ccccc1.Cc1ccc2c(N3CCCCC3)nc(-c3ccccc3O)nc2c1. The van der Waals surface area contributed by atoms with Gasteiger partial charge in [-0.2, -0.15) is 0 Å². The zero-order valence-electron chi connectivity index (χ0n) is 20.8. The molecule has 1 aromatic heterocycles. The molecule has 5 rings (SSSR count). The molecule has 0 aliphatic carbocycles. The van der Waals surface area contributed by atoms with E-state index in [-0.39, 0.29) is 5.75 Å². The van der Waals surface area contributed by atoms with E-state index in [4.69, 9.17) is 14.7 Å². The summed E-state index contributed by atoms with van der Waals surface area (Å²) in [4.78, 5) is 22.6. The summed E-state index contributed by atoms with van der Waals surface area (Å²) < 4.78 is 4.83. The number of para-hydroxylation sites is 1. The first kappa shape index (κ1) is 25.0. The van der Waals surface area contributed by atoms with Crippen molar-refractivity contribution in [3.05, 3.63) is 83.9 Å². The molecule has 186 valence electrons. The first-order valence-corrected chi connectivity index (χ1v) is 12.3. The summed E-state index contributed by atoms with van der Waals surface area (Å²) in [7, 11) is 1.54. The number of ether oxygens (including phenoxy) is 1. The number of anilines is 1. The lowest BCUT2D eigenvalue weighted by Crippen LogP contribution is -2.30. The van der Waals surface area contributed by atoms with E-state index < -0.39 is 6.09 Å². The van der Waals surface area contributed by atoms with Crippen molar-refractivity contribution in [2.24, 2.45) is 0 Å². The fourth-order valence-electron chi connectivity index (χ4n) is 4.15. The van der Waals surface area contributed by atoms with Gasteiger partial charge in [0.2, 0.25) is 0 Å². The maximum Gasteiger partial charge on any atom is 0.407 e. The number of aryl methyl sites for hydroxylation is 1. The molecule has 0 saturated carbocycles. The molecule has 36 heavy (non-hydrogen) atoms. The number of alkyl carbamates (subject to hydrolysis) is 1. The van der Waals surface area contributed by atoms with Gasteiger partial charge in [0.25, 0.3) is 0 Å². The molecule has 1 fully saturated rings. The number of rotatable bonds is 4. The van der Waals surface area contributed by atoms with Gasteiger partial charge in [-0.3, -0.25) is 0 Å². The smallest absolute Gasteiger partial charge is 0.407 e. The number of aromatic nitrogens is 2. The Morgan fingerprint density at radius 3 is 2.42 bits per heavy atom. The number of carbonyl (C=O) groups excluding carboxylic acids is 1. The number of phenolic OH excluding ortho intramolecular Hbond substituents is 1. The number of amides is 1. The Balaban J connectivity index is 0.000000214. The summed E-state index contributed by atoms with van der Waals surface area (Å²) in [6.45, 7) is 4.45. The van der Waals surface area contributed by atoms with Crippen molar-refractivity contribution in [3.63, 3.8) is 0 Å². The molecular weight excluding hydrogens is 452 g/mol. The van der Waals surface area contributed by atoms with Crippen molar-refractivity contribution >= 4 is 22.8 Å². The third-order valence-corrected chi connectivity index (χ3v) is 6.05. The molecule has 1 aliphatic heterocycles. The summed E-state index contributed by atoms with van der Waals surface area (Å²) in [5.74, 6) is 1.79. The number of hydrogen-bond acceptors (Lipinski definition) is 6. The summed E-state index contributed by atoms with van der Waals surface area (Å²) >= 11 is 0. The van der Waals surface area contributed by atoms with E-state index in [2.05, 4.69) is 35.3 Å². The molecule has 0 bridgehead atoms. The lowest BCUT2D eigenvalue weighted by Gasteiger charge is -2.29. The number of benzene rings is 3. The van der Waals surface area contributed by atoms with Crippen molar-refractivity contribution in [1.29, 1.82) is 0 Å². The first-order chi connectivity index (χ1) is 17.5. The van der Waals surface area contributed by atoms with Crippen LogP contribution in [0.15, 0.2) is 72.8 Å². The number of hydrogen-bond donors (Lipinski definition) is 2. The van der Waals surface area contributed by atoms with Gasteiger partial charge < -0.3 is 20.1 Å². The molecule has 0 unspecified atom stereocenters. The van der Waals surface area contributed by atoms with E-state index in [0.717, 1.165) is 35.4 Å². The van der Waals surface area contributed by atoms with Gasteiger partial charge in [-0.25, -0.2) is 14.8 Å². The minimum atomic E-state index is -0.404. The molecule has 7 heteroatoms. The average molecular weight is 485 g/mol. The molecular formula is C29H32N4O3. The number of carbonyl (C=O) groups is 1. The van der Waals surface area contributed by atoms with E-state index in [1.54, 1.807) is 6.07 Å². The summed E-state index contributed by atoms with van der Waals surface area (Å²) in [6.07, 6.45) is 3.27. The summed E-state index contributed by atoms with van der Waals surface area (Å²) in [5, 5.41) is 13.7. The Kier molecular flexibility index (Phi) is 8.34. The van der Waals surface area contributed by atoms with Gasteiger partial charge in [0.1, 0.15) is 18.2 Å². The maximum atomic E-state index is 10.7. The van der Waals surface area contributed by atoms with Crippen molar-refractivity contribution in [3.8, 4) is 17.1 Å². The average Bonchev–Trinajstić information content (AvgIpc) is 2.92. The number of fused-ring (bicyclic) bond motifs is 1. The Bertz CT molecular complexity index is 1300. The third-order valence-electron chi connectivity index (χ3n) is 6.05. The number of piperidine rings is 1. The topological polar surface area (TPSA) is 87.6 Å². The fraction of sp³-hybridized carbons (Fsp3) is 0.276. The quantitative estimate of drug-likeness (QED) is 0.378. The van der Waals surface area contributed by atoms with Crippen LogP contribution in [0.25, 0.3) is 22.3 Å². The Morgan fingerprint density at radius 1 is 0.972 bits per heavy atom. The van der Waals surface area contributed by atoms with Crippen LogP contribution in [0.3, 0.4) is 0 Å². The van der Waals surface area contributed by atoms with Crippen LogP contribution in [-0.4, -0.2) is 41.3 Å². The van der Waals surface area contributed by atoms with Crippen LogP contribution in [0.2, 0.25) is 0 Å². The number of nitrogens with one attached hydrogen (secondary N) is 1. The van der Waals surface area contributed by atoms with Crippen LogP contribution in [0, 0.1) is 6.92 Å². The van der Waals surface area contributed by atoms with Gasteiger partial charge in [0, 0.05) is 25.5 Å². The molecule has 7 nitrogen and oxygen atoms in total. The van der Waals surface area contributed by atoms with Gasteiger partial charge in [0.05, 0.1) is 11.1 Å². The molecule has 1 saturated heterocycles. The minimum Gasteiger partial charge on any atom is -0.507 e. The van der Waals surface area contributed by atoms with Crippen LogP contribution in [0.5, 0.6) is 5.75 Å². The van der Waals surface area contributed by atoms with Gasteiger partial charge in [-0.15, -0.1) is 0 Å². The molecule has 2 heterocycles. The van der Waals surface area contributed by atoms with E-state index in [1.807, 2.05) is 48.5 Å². The fourth-order valence-corrected chi connectivity index (χ4v) is 4.15. The molecule has 2 N–H and O–H groups in total. The predicted molar refractivity (Wildman–Crippen MR) is 143 cm³/mol. The minimum absolute atomic E-state index is 0.217. The van der Waals surface area contributed by atoms with Crippen molar-refractivity contribution in [1.82, 2.24) is 15.3 Å². The highest BCUT2D eigenvalue weighted by atomic mass is 16.5. The van der Waals surface area contributed by atoms with Crippen LogP contribution in [0.1, 0.15) is 30.4 Å². The monoisotopic (exact) mass is 484 g/mol. The Morgan fingerprint density at radius 2 is 1.69 bits per heavy atom. The van der Waals surface area contributed by atoms with Crippen LogP contribution < -0.4 is 10.2 Å². The molecule has 0 radical (unpaired) electrons. The third kappa shape index (κ3) is 6.30. The highest BCUT2D eigenvalue weighted by molar-refractivity contribution is 5.91. The zero-order valence-corrected chi connectivity index (χ0v) is 20.8. The van der Waals surface area contributed by atoms with E-state index in [9.17, 15) is 9.90 Å². The first-order valence-electron chi connectivity index (χ1n) is 12.3. The highest BCUT2D eigenvalue weighted by Gasteiger charge is 2.18. The van der Waals surface area contributed by atoms with Gasteiger partial charge in [-0.1, -0.05) is 48.5 Å². The largest absolute Gasteiger partial charge is 0.507 e. The maximum absolute atomic E-state index is 10.7. The lowest BCUT2D eigenvalue weighted by molar-refractivity contribution is 0.142. The molecule has 1 aliphatic rings. The van der Waals surface area contributed by atoms with Gasteiger partial charge in [0.15, 0.2) is 5.82 Å². The van der Waals surface area contributed by atoms with Crippen LogP contribution in [0.4, 0.5) is 10.6 Å². The molecule has 1 amide bonds. The van der Waals surface area contributed by atoms with Gasteiger partial charge in [-0.05, 0) is 61.6 Å². The normalized spacial score (nSPS) is 13.0. The van der Waals surface area contributed by atoms with Crippen molar-refractivity contribution in [2.45, 2.75) is 32.8 Å². The summed E-state index contributed by atoms with van der Waals surface area (Å²) in [6, 6.07) is 23.1. The lowest BCUT2D eigenvalue weighted by atomic mass is 10.1. The highest BCUT2D eigenvalue weighted by Crippen LogP contribution is 2.32. The standard InChI is InChI=1S/C20H21N3O.C9H11NO2/c1-14-9-10-15-17(13-14)21-19(16-7-3-4-8-18(16)24)22-20(15)23-11-5-2-6-12-23;1-10-9(11)12-7-8-5-3-2-4-6-8/h3-4,7-10,13,24H,2,5-6,11-12H2,1H3;2-6H,7H2,1H3,(H,10,11). The number of nitrogens with zero attached hydrogens (tertiary/aromatic N) is 3. The predicted octanol–water partition coefficient (Wildman–Crippen LogP) is 5.84. The summed E-state index contributed by atoms with van der Waals surface area (Å²) in [5.41, 5.74) is 3.78.